The Morgan fingerprint density at radius 3 is 2.31 bits per heavy atom. The number of aromatic nitrogens is 1. The Kier molecular flexibility index (Phi) is 5.50. The quantitative estimate of drug-likeness (QED) is 0.452. The third-order valence-electron chi connectivity index (χ3n) is 5.54. The van der Waals surface area contributed by atoms with Crippen molar-refractivity contribution in [1.82, 2.24) is 9.29 Å². The average Bonchev–Trinajstić information content (AvgIpc) is 3.49. The van der Waals surface area contributed by atoms with Crippen LogP contribution in [0.3, 0.4) is 0 Å². The average molecular weight is 464 g/mol. The van der Waals surface area contributed by atoms with Crippen molar-refractivity contribution in [2.45, 2.75) is 17.7 Å². The Bertz CT molecular complexity index is 1380. The number of sulfonamides is 1. The van der Waals surface area contributed by atoms with Gasteiger partial charge in [0.25, 0.3) is 5.91 Å². The van der Waals surface area contributed by atoms with Gasteiger partial charge in [0.1, 0.15) is 0 Å². The van der Waals surface area contributed by atoms with Crippen molar-refractivity contribution < 1.29 is 13.2 Å². The number of thiazole rings is 1. The summed E-state index contributed by atoms with van der Waals surface area (Å²) < 4.78 is 27.9. The molecule has 0 saturated carbocycles. The fourth-order valence-electron chi connectivity index (χ4n) is 3.81. The van der Waals surface area contributed by atoms with Gasteiger partial charge in [0.05, 0.1) is 15.1 Å². The molecule has 1 amide bonds. The summed E-state index contributed by atoms with van der Waals surface area (Å²) in [5.74, 6) is -0.256. The fourth-order valence-corrected chi connectivity index (χ4v) is 6.33. The summed E-state index contributed by atoms with van der Waals surface area (Å²) >= 11 is 1.27. The maximum absolute atomic E-state index is 12.8. The van der Waals surface area contributed by atoms with Gasteiger partial charge in [-0.2, -0.15) is 4.31 Å². The predicted molar refractivity (Wildman–Crippen MR) is 127 cm³/mol. The van der Waals surface area contributed by atoms with E-state index in [1.165, 1.54) is 15.6 Å². The van der Waals surface area contributed by atoms with E-state index in [4.69, 9.17) is 0 Å². The van der Waals surface area contributed by atoms with Crippen molar-refractivity contribution >= 4 is 42.6 Å². The third kappa shape index (κ3) is 4.04. The van der Waals surface area contributed by atoms with E-state index in [0.29, 0.717) is 29.3 Å². The number of nitrogens with one attached hydrogen (secondary N) is 1. The maximum atomic E-state index is 12.8. The molecule has 0 radical (unpaired) electrons. The summed E-state index contributed by atoms with van der Waals surface area (Å²) in [6.45, 7) is 1.13. The zero-order valence-electron chi connectivity index (χ0n) is 17.2. The molecule has 4 aromatic rings. The van der Waals surface area contributed by atoms with Crippen LogP contribution in [0.4, 0.5) is 5.13 Å². The predicted octanol–water partition coefficient (Wildman–Crippen LogP) is 5.00. The van der Waals surface area contributed by atoms with E-state index in [-0.39, 0.29) is 10.8 Å². The van der Waals surface area contributed by atoms with E-state index in [9.17, 15) is 13.2 Å². The zero-order chi connectivity index (χ0) is 22.1. The molecule has 1 N–H and O–H groups in total. The lowest BCUT2D eigenvalue weighted by atomic mass is 10.0. The number of anilines is 1. The second kappa shape index (κ2) is 8.46. The molecule has 1 saturated heterocycles. The molecule has 0 bridgehead atoms. The van der Waals surface area contributed by atoms with Crippen LogP contribution in [-0.4, -0.2) is 36.7 Å². The van der Waals surface area contributed by atoms with Crippen molar-refractivity contribution in [2.75, 3.05) is 18.4 Å². The number of hydrogen-bond acceptors (Lipinski definition) is 5. The van der Waals surface area contributed by atoms with E-state index in [1.807, 2.05) is 42.5 Å². The molecule has 0 unspecified atom stereocenters. The lowest BCUT2D eigenvalue weighted by molar-refractivity contribution is 0.102. The van der Waals surface area contributed by atoms with Gasteiger partial charge in [-0.05, 0) is 54.3 Å². The molecule has 1 aromatic heterocycles. The van der Waals surface area contributed by atoms with Gasteiger partial charge >= 0.3 is 0 Å². The van der Waals surface area contributed by atoms with Crippen LogP contribution < -0.4 is 5.32 Å². The molecule has 6 nitrogen and oxygen atoms in total. The monoisotopic (exact) mass is 463 g/mol. The van der Waals surface area contributed by atoms with Crippen molar-refractivity contribution in [1.29, 1.82) is 0 Å². The molecule has 0 atom stereocenters. The maximum Gasteiger partial charge on any atom is 0.257 e. The second-order valence-corrected chi connectivity index (χ2v) is 10.6. The molecule has 2 heterocycles. The number of benzene rings is 3. The number of amides is 1. The van der Waals surface area contributed by atoms with Crippen molar-refractivity contribution in [2.24, 2.45) is 0 Å². The zero-order valence-corrected chi connectivity index (χ0v) is 18.8. The lowest BCUT2D eigenvalue weighted by Crippen LogP contribution is -2.27. The van der Waals surface area contributed by atoms with Crippen molar-refractivity contribution in [3.63, 3.8) is 0 Å². The fraction of sp³-hybridized carbons (Fsp3) is 0.167. The summed E-state index contributed by atoms with van der Waals surface area (Å²) in [5, 5.41) is 3.27. The Morgan fingerprint density at radius 2 is 1.59 bits per heavy atom. The topological polar surface area (TPSA) is 79.4 Å². The Labute approximate surface area is 190 Å². The summed E-state index contributed by atoms with van der Waals surface area (Å²) in [5.41, 5.74) is 3.31. The first-order valence-electron chi connectivity index (χ1n) is 10.4. The molecule has 1 aliphatic rings. The molecule has 32 heavy (non-hydrogen) atoms. The van der Waals surface area contributed by atoms with E-state index in [0.717, 1.165) is 28.7 Å². The SMILES string of the molecule is O=C(Nc1nc2ccc(S(=O)(=O)N3CCCC3)cc2s1)c1ccc(-c2ccccc2)cc1. The van der Waals surface area contributed by atoms with Crippen LogP contribution in [0.15, 0.2) is 77.7 Å². The van der Waals surface area contributed by atoms with Crippen LogP contribution in [0.1, 0.15) is 23.2 Å². The molecule has 162 valence electrons. The van der Waals surface area contributed by atoms with Gasteiger partial charge in [0.15, 0.2) is 5.13 Å². The van der Waals surface area contributed by atoms with E-state index >= 15 is 0 Å². The molecule has 1 fully saturated rings. The van der Waals surface area contributed by atoms with Gasteiger partial charge in [-0.1, -0.05) is 53.8 Å². The van der Waals surface area contributed by atoms with Crippen LogP contribution >= 0.6 is 11.3 Å². The third-order valence-corrected chi connectivity index (χ3v) is 8.37. The number of carbonyl (C=O) groups is 1. The molecule has 5 rings (SSSR count). The molecule has 1 aliphatic heterocycles. The first-order valence-corrected chi connectivity index (χ1v) is 12.6. The number of hydrogen-bond donors (Lipinski definition) is 1. The summed E-state index contributed by atoms with van der Waals surface area (Å²) in [6, 6.07) is 22.3. The minimum atomic E-state index is -3.49. The molecular formula is C24H21N3O3S2. The van der Waals surface area contributed by atoms with Crippen molar-refractivity contribution in [3.05, 3.63) is 78.4 Å². The van der Waals surface area contributed by atoms with Gasteiger partial charge in [-0.3, -0.25) is 10.1 Å². The second-order valence-electron chi connectivity index (χ2n) is 7.66. The standard InChI is InChI=1S/C24H21N3O3S2/c28-23(19-10-8-18(9-11-19)17-6-2-1-3-7-17)26-24-25-21-13-12-20(16-22(21)31-24)32(29,30)27-14-4-5-15-27/h1-3,6-13,16H,4-5,14-15H2,(H,25,26,28). The minimum absolute atomic E-state index is 0.256. The Hall–Kier alpha value is -3.07. The number of fused-ring (bicyclic) bond motifs is 1. The lowest BCUT2D eigenvalue weighted by Gasteiger charge is -2.15. The van der Waals surface area contributed by atoms with Crippen LogP contribution in [0, 0.1) is 0 Å². The number of rotatable bonds is 5. The van der Waals surface area contributed by atoms with Gasteiger partial charge in [0.2, 0.25) is 10.0 Å². The molecular weight excluding hydrogens is 442 g/mol. The highest BCUT2D eigenvalue weighted by Crippen LogP contribution is 2.30. The highest BCUT2D eigenvalue weighted by Gasteiger charge is 2.27. The normalized spacial score (nSPS) is 14.6. The molecule has 0 spiro atoms. The number of carbonyl (C=O) groups excluding carboxylic acids is 1. The Morgan fingerprint density at radius 1 is 0.906 bits per heavy atom. The van der Waals surface area contributed by atoms with E-state index < -0.39 is 10.0 Å². The minimum Gasteiger partial charge on any atom is -0.298 e. The van der Waals surface area contributed by atoms with Crippen LogP contribution in [0.5, 0.6) is 0 Å². The molecule has 3 aromatic carbocycles. The first-order chi connectivity index (χ1) is 15.5. The van der Waals surface area contributed by atoms with E-state index in [2.05, 4.69) is 10.3 Å². The van der Waals surface area contributed by atoms with Gasteiger partial charge < -0.3 is 0 Å². The van der Waals surface area contributed by atoms with Crippen LogP contribution in [0.2, 0.25) is 0 Å². The summed E-state index contributed by atoms with van der Waals surface area (Å²) in [4.78, 5) is 17.4. The Balaban J connectivity index is 1.34. The highest BCUT2D eigenvalue weighted by atomic mass is 32.2. The van der Waals surface area contributed by atoms with Crippen LogP contribution in [0.25, 0.3) is 21.3 Å². The highest BCUT2D eigenvalue weighted by molar-refractivity contribution is 7.89. The van der Waals surface area contributed by atoms with E-state index in [1.54, 1.807) is 30.3 Å². The molecule has 0 aliphatic carbocycles. The largest absolute Gasteiger partial charge is 0.298 e. The summed E-state index contributed by atoms with van der Waals surface area (Å²) in [7, 11) is -3.49. The first kappa shape index (κ1) is 20.8. The van der Waals surface area contributed by atoms with Gasteiger partial charge in [-0.25, -0.2) is 13.4 Å². The smallest absolute Gasteiger partial charge is 0.257 e. The van der Waals surface area contributed by atoms with Gasteiger partial charge in [-0.15, -0.1) is 0 Å². The summed E-state index contributed by atoms with van der Waals surface area (Å²) in [6.07, 6.45) is 1.79. The van der Waals surface area contributed by atoms with Crippen LogP contribution in [-0.2, 0) is 10.0 Å². The van der Waals surface area contributed by atoms with Crippen molar-refractivity contribution in [3.8, 4) is 11.1 Å². The van der Waals surface area contributed by atoms with Gasteiger partial charge in [0, 0.05) is 18.7 Å². The molecule has 8 heteroatoms. The number of nitrogens with zero attached hydrogens (tertiary/aromatic N) is 2.